The molecule has 0 bridgehead atoms. The molecule has 37 heavy (non-hydrogen) atoms. The van der Waals surface area contributed by atoms with Crippen LogP contribution < -0.4 is 15.4 Å². The van der Waals surface area contributed by atoms with Gasteiger partial charge >= 0.3 is 12.2 Å². The summed E-state index contributed by atoms with van der Waals surface area (Å²) >= 11 is 0. The summed E-state index contributed by atoms with van der Waals surface area (Å²) in [6.45, 7) is 16.7. The van der Waals surface area contributed by atoms with Crippen LogP contribution in [0, 0.1) is 6.92 Å². The Kier molecular flexibility index (Phi) is 7.92. The minimum atomic E-state index is -0.654. The molecule has 10 heteroatoms. The van der Waals surface area contributed by atoms with Crippen LogP contribution in [0.2, 0.25) is 0 Å². The van der Waals surface area contributed by atoms with Crippen molar-refractivity contribution in [1.29, 1.82) is 0 Å². The molecule has 2 radical (unpaired) electrons. The van der Waals surface area contributed by atoms with E-state index in [0.717, 1.165) is 15.7 Å². The molecule has 0 aliphatic carbocycles. The van der Waals surface area contributed by atoms with Gasteiger partial charge in [-0.2, -0.15) is 0 Å². The third-order valence-electron chi connectivity index (χ3n) is 7.40. The van der Waals surface area contributed by atoms with Gasteiger partial charge in [0.2, 0.25) is 0 Å². The first-order chi connectivity index (χ1) is 16.8. The summed E-state index contributed by atoms with van der Waals surface area (Å²) in [6.07, 6.45) is 0.190. The van der Waals surface area contributed by atoms with Crippen LogP contribution in [-0.4, -0.2) is 56.6 Å². The van der Waals surface area contributed by atoms with Crippen molar-refractivity contribution >= 4 is 17.9 Å². The van der Waals surface area contributed by atoms with Crippen LogP contribution in [0.5, 0.6) is 5.75 Å². The molecule has 2 aliphatic heterocycles. The normalized spacial score (nSPS) is 23.8. The molecule has 2 fully saturated rings. The zero-order valence-electron chi connectivity index (χ0n) is 23.6. The minimum absolute atomic E-state index is 0.213. The van der Waals surface area contributed by atoms with Crippen LogP contribution >= 0.6 is 0 Å². The number of hydrogen-bond donors (Lipinski definition) is 2. The van der Waals surface area contributed by atoms with Gasteiger partial charge in [-0.3, -0.25) is 5.32 Å². The Hall–Kier alpha value is -2.40. The van der Waals surface area contributed by atoms with Crippen molar-refractivity contribution in [2.75, 3.05) is 5.32 Å². The van der Waals surface area contributed by atoms with E-state index in [0.29, 0.717) is 31.4 Å². The topological polar surface area (TPSA) is 123 Å². The first-order valence-corrected chi connectivity index (χ1v) is 12.8. The van der Waals surface area contributed by atoms with Gasteiger partial charge < -0.3 is 14.8 Å². The smallest absolute Gasteiger partial charge is 0.412 e. The molecule has 2 heterocycles. The maximum absolute atomic E-state index is 12.7. The average molecular weight is 519 g/mol. The zero-order valence-corrected chi connectivity index (χ0v) is 23.6. The van der Waals surface area contributed by atoms with Gasteiger partial charge in [0.1, 0.15) is 11.9 Å². The molecule has 0 aromatic heterocycles. The first-order valence-electron chi connectivity index (χ1n) is 12.8. The number of nitrogens with zero attached hydrogens (tertiary/aromatic N) is 2. The number of rotatable bonds is 4. The fraction of sp³-hybridized carbons (Fsp3) is 0.704. The molecule has 10 nitrogen and oxygen atoms in total. The SMILES string of the molecule is Cc1ccc(OC(=O)NC2CC(C)(C)N([O])C(C)(C)C2)cc1NC(=O)OC1CC(C)(C)N([O])C(C)(C)C1. The predicted molar refractivity (Wildman–Crippen MR) is 138 cm³/mol. The number of anilines is 1. The lowest BCUT2D eigenvalue weighted by Gasteiger charge is -2.49. The number of amides is 2. The zero-order chi connectivity index (χ0) is 28.0. The fourth-order valence-corrected chi connectivity index (χ4v) is 6.01. The Labute approximate surface area is 220 Å². The van der Waals surface area contributed by atoms with Crippen molar-refractivity contribution in [2.24, 2.45) is 0 Å². The predicted octanol–water partition coefficient (Wildman–Crippen LogP) is 5.37. The third-order valence-corrected chi connectivity index (χ3v) is 7.40. The van der Waals surface area contributed by atoms with E-state index >= 15 is 0 Å². The van der Waals surface area contributed by atoms with Gasteiger partial charge in [-0.25, -0.2) is 9.59 Å². The molecule has 0 atom stereocenters. The lowest BCUT2D eigenvalue weighted by atomic mass is 9.79. The Morgan fingerprint density at radius 1 is 0.811 bits per heavy atom. The van der Waals surface area contributed by atoms with E-state index in [2.05, 4.69) is 10.6 Å². The molecule has 0 spiro atoms. The molecule has 3 rings (SSSR count). The molecule has 2 saturated heterocycles. The number of benzene rings is 1. The monoisotopic (exact) mass is 518 g/mol. The highest BCUT2D eigenvalue weighted by atomic mass is 16.6. The van der Waals surface area contributed by atoms with Gasteiger partial charge in [0.25, 0.3) is 0 Å². The average Bonchev–Trinajstić information content (AvgIpc) is 2.71. The Morgan fingerprint density at radius 3 is 1.81 bits per heavy atom. The van der Waals surface area contributed by atoms with Crippen molar-refractivity contribution in [3.63, 3.8) is 0 Å². The van der Waals surface area contributed by atoms with Gasteiger partial charge in [-0.1, -0.05) is 6.07 Å². The molecular weight excluding hydrogens is 476 g/mol. The van der Waals surface area contributed by atoms with E-state index in [1.165, 1.54) is 0 Å². The third kappa shape index (κ3) is 6.73. The van der Waals surface area contributed by atoms with E-state index in [4.69, 9.17) is 9.47 Å². The summed E-state index contributed by atoms with van der Waals surface area (Å²) in [4.78, 5) is 25.4. The highest BCUT2D eigenvalue weighted by molar-refractivity contribution is 5.86. The van der Waals surface area contributed by atoms with E-state index in [-0.39, 0.29) is 11.8 Å². The van der Waals surface area contributed by atoms with Crippen molar-refractivity contribution < 1.29 is 29.5 Å². The fourth-order valence-electron chi connectivity index (χ4n) is 6.01. The Morgan fingerprint density at radius 2 is 1.30 bits per heavy atom. The second-order valence-electron chi connectivity index (χ2n) is 13.0. The van der Waals surface area contributed by atoms with Crippen molar-refractivity contribution in [1.82, 2.24) is 15.4 Å². The number of hydroxylamine groups is 4. The summed E-state index contributed by atoms with van der Waals surface area (Å²) < 4.78 is 11.2. The molecule has 1 aromatic rings. The van der Waals surface area contributed by atoms with Gasteiger partial charge in [0.15, 0.2) is 0 Å². The largest absolute Gasteiger partial charge is 0.446 e. The number of carbonyl (C=O) groups is 2. The van der Waals surface area contributed by atoms with Crippen molar-refractivity contribution in [3.05, 3.63) is 23.8 Å². The maximum atomic E-state index is 12.7. The standard InChI is InChI=1S/C27H42N4O6/c1-17-10-11-19(36-22(32)28-18-13-24(2,3)30(34)25(4,5)14-18)12-21(17)29-23(33)37-20-15-26(6,7)31(35)27(8,9)16-20/h10-12,18,20H,13-16H2,1-9H3,(H,28,32)(H,29,33). The Balaban J connectivity index is 1.61. The summed E-state index contributed by atoms with van der Waals surface area (Å²) in [7, 11) is 0. The molecule has 206 valence electrons. The highest BCUT2D eigenvalue weighted by Crippen LogP contribution is 2.39. The summed E-state index contributed by atoms with van der Waals surface area (Å²) in [5.41, 5.74) is -1.31. The lowest BCUT2D eigenvalue weighted by molar-refractivity contribution is -0.297. The Bertz CT molecular complexity index is 986. The second-order valence-corrected chi connectivity index (χ2v) is 13.0. The van der Waals surface area contributed by atoms with E-state index < -0.39 is 40.4 Å². The number of hydrogen-bond acceptors (Lipinski definition) is 6. The quantitative estimate of drug-likeness (QED) is 0.553. The summed E-state index contributed by atoms with van der Waals surface area (Å²) in [6, 6.07) is 4.74. The minimum Gasteiger partial charge on any atom is -0.446 e. The van der Waals surface area contributed by atoms with Crippen molar-refractivity contribution in [3.8, 4) is 5.75 Å². The van der Waals surface area contributed by atoms with E-state index in [1.807, 2.05) is 62.3 Å². The van der Waals surface area contributed by atoms with Crippen LogP contribution in [0.3, 0.4) is 0 Å². The van der Waals surface area contributed by atoms with Crippen LogP contribution in [0.15, 0.2) is 18.2 Å². The van der Waals surface area contributed by atoms with Gasteiger partial charge in [-0.05, 0) is 86.8 Å². The van der Waals surface area contributed by atoms with Gasteiger partial charge in [-0.15, -0.1) is 20.5 Å². The van der Waals surface area contributed by atoms with Gasteiger partial charge in [0.05, 0.1) is 5.69 Å². The number of aryl methyl sites for hydroxylation is 1. The first kappa shape index (κ1) is 29.2. The molecule has 1 aromatic carbocycles. The molecule has 2 aliphatic rings. The number of piperidine rings is 2. The summed E-state index contributed by atoms with van der Waals surface area (Å²) in [5.74, 6) is 0.264. The molecule has 2 amide bonds. The van der Waals surface area contributed by atoms with Crippen LogP contribution in [0.25, 0.3) is 0 Å². The van der Waals surface area contributed by atoms with E-state index in [1.54, 1.807) is 18.2 Å². The molecule has 0 unspecified atom stereocenters. The summed E-state index contributed by atoms with van der Waals surface area (Å²) in [5, 5.41) is 32.9. The van der Waals surface area contributed by atoms with Crippen LogP contribution in [0.4, 0.5) is 15.3 Å². The molecule has 0 saturated carbocycles. The molecular formula is C27H42N4O6. The lowest BCUT2D eigenvalue weighted by Crippen LogP contribution is -2.62. The second kappa shape index (κ2) is 10.1. The maximum Gasteiger partial charge on any atom is 0.412 e. The van der Waals surface area contributed by atoms with Crippen molar-refractivity contribution in [2.45, 2.75) is 122 Å². The molecule has 2 N–H and O–H groups in total. The highest BCUT2D eigenvalue weighted by Gasteiger charge is 2.48. The van der Waals surface area contributed by atoms with Gasteiger partial charge in [0, 0.05) is 47.1 Å². The van der Waals surface area contributed by atoms with Crippen LogP contribution in [0.1, 0.15) is 86.6 Å². The van der Waals surface area contributed by atoms with Crippen LogP contribution in [-0.2, 0) is 15.2 Å². The number of ether oxygens (including phenoxy) is 2. The number of carbonyl (C=O) groups excluding carboxylic acids is 2. The van der Waals surface area contributed by atoms with E-state index in [9.17, 15) is 20.0 Å². The number of nitrogens with one attached hydrogen (secondary N) is 2.